The zero-order chi connectivity index (χ0) is 29.9. The summed E-state index contributed by atoms with van der Waals surface area (Å²) in [7, 11) is 1.32. The summed E-state index contributed by atoms with van der Waals surface area (Å²) in [5.41, 5.74) is -1.34. The third-order valence-electron chi connectivity index (χ3n) is 7.10. The molecule has 6 nitrogen and oxygen atoms in total. The molecule has 0 bridgehead atoms. The first kappa shape index (κ1) is 30.5. The van der Waals surface area contributed by atoms with Gasteiger partial charge in [0.05, 0.1) is 30.9 Å². The van der Waals surface area contributed by atoms with Crippen molar-refractivity contribution >= 4 is 0 Å². The Morgan fingerprint density at radius 1 is 0.690 bits per heavy atom. The smallest absolute Gasteiger partial charge is 0.368 e. The van der Waals surface area contributed by atoms with E-state index in [1.807, 2.05) is 6.07 Å². The van der Waals surface area contributed by atoms with Crippen molar-refractivity contribution in [2.45, 2.75) is 62.6 Å². The van der Waals surface area contributed by atoms with Gasteiger partial charge in [0.25, 0.3) is 0 Å². The van der Waals surface area contributed by atoms with Gasteiger partial charge in [0.1, 0.15) is 24.4 Å². The molecule has 5 rings (SSSR count). The first-order chi connectivity index (χ1) is 20.1. The maximum absolute atomic E-state index is 13.7. The summed E-state index contributed by atoms with van der Waals surface area (Å²) in [5.74, 6) is 0. The minimum absolute atomic E-state index is 0.0344. The number of ether oxygens (including phenoxy) is 6. The lowest BCUT2D eigenvalue weighted by Gasteiger charge is -2.48. The summed E-state index contributed by atoms with van der Waals surface area (Å²) >= 11 is 0. The van der Waals surface area contributed by atoms with E-state index in [4.69, 9.17) is 28.4 Å². The molecule has 6 atom stereocenters. The van der Waals surface area contributed by atoms with Crippen molar-refractivity contribution < 1.29 is 54.8 Å². The average molecular weight is 599 g/mol. The molecule has 0 N–H and O–H groups in total. The van der Waals surface area contributed by atoms with Gasteiger partial charge in [0.2, 0.25) is 0 Å². The topological polar surface area (TPSA) is 55.4 Å². The average Bonchev–Trinajstić information content (AvgIpc) is 2.98. The summed E-state index contributed by atoms with van der Waals surface area (Å²) in [6, 6.07) is 18.9. The van der Waals surface area contributed by atoms with Crippen molar-refractivity contribution in [2.24, 2.45) is 0 Å². The molecule has 0 aromatic heterocycles. The third-order valence-corrected chi connectivity index (χ3v) is 7.10. The Balaban J connectivity index is 1.45. The molecule has 0 amide bonds. The number of benzene rings is 3. The van der Waals surface area contributed by atoms with Gasteiger partial charge in [-0.3, -0.25) is 0 Å². The van der Waals surface area contributed by atoms with Crippen LogP contribution in [0.4, 0.5) is 26.3 Å². The molecule has 226 valence electrons. The minimum atomic E-state index is -4.63. The van der Waals surface area contributed by atoms with Gasteiger partial charge in [-0.05, 0) is 23.3 Å². The second-order valence-corrected chi connectivity index (χ2v) is 9.82. The van der Waals surface area contributed by atoms with Crippen molar-refractivity contribution in [2.75, 3.05) is 13.7 Å². The summed E-state index contributed by atoms with van der Waals surface area (Å²) in [6.07, 6.45) is -15.2. The molecule has 3 aromatic rings. The number of hydrogen-bond acceptors (Lipinski definition) is 6. The zero-order valence-electron chi connectivity index (χ0n) is 22.3. The fourth-order valence-corrected chi connectivity index (χ4v) is 5.10. The van der Waals surface area contributed by atoms with Crippen LogP contribution in [0.5, 0.6) is 0 Å². The van der Waals surface area contributed by atoms with E-state index < -0.39 is 73.7 Å². The number of halogens is 6. The van der Waals surface area contributed by atoms with Crippen LogP contribution in [0.25, 0.3) is 0 Å². The maximum Gasteiger partial charge on any atom is 0.416 e. The van der Waals surface area contributed by atoms with E-state index in [1.54, 1.807) is 24.3 Å². The van der Waals surface area contributed by atoms with Crippen LogP contribution < -0.4 is 0 Å². The molecule has 0 radical (unpaired) electrons. The quantitative estimate of drug-likeness (QED) is 0.270. The van der Waals surface area contributed by atoms with Crippen LogP contribution in [-0.2, 0) is 54.0 Å². The molecular weight excluding hydrogens is 570 g/mol. The summed E-state index contributed by atoms with van der Waals surface area (Å²) in [6.45, 7) is -0.954. The first-order valence-corrected chi connectivity index (χ1v) is 13.1. The highest BCUT2D eigenvalue weighted by Gasteiger charge is 2.52. The molecule has 0 spiro atoms. The van der Waals surface area contributed by atoms with E-state index in [1.165, 1.54) is 43.5 Å². The molecule has 0 saturated carbocycles. The standard InChI is InChI=1S/C30H28F6O6/c1-37-28-26(39-16-20-12-6-8-14-22(20)30(34,35)36)25(38-15-19-11-5-7-13-21(19)29(31,32)33)24-23(41-28)17-40-27(42-24)18-9-3-2-4-10-18/h2-14,23-28H,15-17H2,1H3/t23-,24-,25+,26-,27?,28+/m1/s1. The van der Waals surface area contributed by atoms with E-state index in [-0.39, 0.29) is 17.7 Å². The predicted molar refractivity (Wildman–Crippen MR) is 136 cm³/mol. The maximum atomic E-state index is 13.7. The lowest BCUT2D eigenvalue weighted by molar-refractivity contribution is -0.369. The Labute approximate surface area is 238 Å². The van der Waals surface area contributed by atoms with Crippen LogP contribution in [0.15, 0.2) is 78.9 Å². The lowest BCUT2D eigenvalue weighted by Crippen LogP contribution is -2.63. The fourth-order valence-electron chi connectivity index (χ4n) is 5.10. The van der Waals surface area contributed by atoms with Crippen molar-refractivity contribution in [1.82, 2.24) is 0 Å². The van der Waals surface area contributed by atoms with Gasteiger partial charge in [-0.1, -0.05) is 66.7 Å². The zero-order valence-corrected chi connectivity index (χ0v) is 22.3. The Bertz CT molecular complexity index is 1320. The number of alkyl halides is 6. The summed E-state index contributed by atoms with van der Waals surface area (Å²) in [5, 5.41) is 0. The van der Waals surface area contributed by atoms with Gasteiger partial charge in [-0.15, -0.1) is 0 Å². The lowest BCUT2D eigenvalue weighted by atomic mass is 9.96. The van der Waals surface area contributed by atoms with Crippen LogP contribution in [0.1, 0.15) is 34.1 Å². The molecular formula is C30H28F6O6. The van der Waals surface area contributed by atoms with Gasteiger partial charge in [0.15, 0.2) is 12.6 Å². The molecule has 2 aliphatic rings. The van der Waals surface area contributed by atoms with Crippen LogP contribution in [0.3, 0.4) is 0 Å². The van der Waals surface area contributed by atoms with Gasteiger partial charge >= 0.3 is 12.4 Å². The Kier molecular flexibility index (Phi) is 9.21. The predicted octanol–water partition coefficient (Wildman–Crippen LogP) is 6.68. The van der Waals surface area contributed by atoms with E-state index in [9.17, 15) is 26.3 Å². The second kappa shape index (κ2) is 12.7. The van der Waals surface area contributed by atoms with Crippen molar-refractivity contribution in [3.8, 4) is 0 Å². The highest BCUT2D eigenvalue weighted by molar-refractivity contribution is 5.30. The van der Waals surface area contributed by atoms with E-state index >= 15 is 0 Å². The molecule has 42 heavy (non-hydrogen) atoms. The summed E-state index contributed by atoms with van der Waals surface area (Å²) < 4.78 is 118. The molecule has 2 heterocycles. The van der Waals surface area contributed by atoms with E-state index in [0.717, 1.165) is 12.1 Å². The van der Waals surface area contributed by atoms with Gasteiger partial charge in [0, 0.05) is 12.7 Å². The molecule has 2 aliphatic heterocycles. The second-order valence-electron chi connectivity index (χ2n) is 9.82. The largest absolute Gasteiger partial charge is 0.416 e. The molecule has 2 saturated heterocycles. The normalized spacial score (nSPS) is 26.5. The number of fused-ring (bicyclic) bond motifs is 1. The van der Waals surface area contributed by atoms with Crippen LogP contribution >= 0.6 is 0 Å². The van der Waals surface area contributed by atoms with Crippen molar-refractivity contribution in [3.63, 3.8) is 0 Å². The number of rotatable bonds is 8. The van der Waals surface area contributed by atoms with Crippen LogP contribution in [0, 0.1) is 0 Å². The van der Waals surface area contributed by atoms with Gasteiger partial charge < -0.3 is 28.4 Å². The van der Waals surface area contributed by atoms with E-state index in [0.29, 0.717) is 5.56 Å². The van der Waals surface area contributed by atoms with Crippen molar-refractivity contribution in [3.05, 3.63) is 107 Å². The molecule has 3 aromatic carbocycles. The molecule has 2 fully saturated rings. The van der Waals surface area contributed by atoms with E-state index in [2.05, 4.69) is 0 Å². The van der Waals surface area contributed by atoms with Crippen LogP contribution in [0.2, 0.25) is 0 Å². The highest BCUT2D eigenvalue weighted by Crippen LogP contribution is 2.39. The monoisotopic (exact) mass is 598 g/mol. The Morgan fingerprint density at radius 2 is 1.21 bits per heavy atom. The first-order valence-electron chi connectivity index (χ1n) is 13.1. The number of methoxy groups -OCH3 is 1. The molecule has 12 heteroatoms. The third kappa shape index (κ3) is 6.80. The number of hydrogen-bond donors (Lipinski definition) is 0. The molecule has 0 aliphatic carbocycles. The molecule has 1 unspecified atom stereocenters. The Hall–Kier alpha value is -3.00. The fraction of sp³-hybridized carbons (Fsp3) is 0.400. The Morgan fingerprint density at radius 3 is 1.76 bits per heavy atom. The van der Waals surface area contributed by atoms with Crippen molar-refractivity contribution in [1.29, 1.82) is 0 Å². The SMILES string of the molecule is CO[C@H]1O[C@@H]2COC(c3ccccc3)O[C@H]2[C@H](OCc2ccccc2C(F)(F)F)[C@H]1OCc1ccccc1C(F)(F)F. The van der Waals surface area contributed by atoms with Gasteiger partial charge in [-0.25, -0.2) is 0 Å². The highest BCUT2D eigenvalue weighted by atomic mass is 19.4. The summed E-state index contributed by atoms with van der Waals surface area (Å²) in [4.78, 5) is 0. The van der Waals surface area contributed by atoms with Gasteiger partial charge in [-0.2, -0.15) is 26.3 Å². The minimum Gasteiger partial charge on any atom is -0.368 e. The van der Waals surface area contributed by atoms with Crippen LogP contribution in [-0.4, -0.2) is 44.4 Å².